The molecule has 1 aliphatic rings. The van der Waals surface area contributed by atoms with Gasteiger partial charge in [-0.3, -0.25) is 4.72 Å². The van der Waals surface area contributed by atoms with Crippen molar-refractivity contribution < 1.29 is 13.2 Å². The van der Waals surface area contributed by atoms with Crippen molar-refractivity contribution in [3.05, 3.63) is 22.7 Å². The zero-order chi connectivity index (χ0) is 14.0. The number of ether oxygens (including phenoxy) is 1. The van der Waals surface area contributed by atoms with Crippen molar-refractivity contribution in [3.63, 3.8) is 0 Å². The Hall–Kier alpha value is -0.790. The molecule has 1 fully saturated rings. The molecule has 1 saturated carbocycles. The Kier molecular flexibility index (Phi) is 4.37. The third kappa shape index (κ3) is 4.09. The third-order valence-electron chi connectivity index (χ3n) is 2.98. The van der Waals surface area contributed by atoms with Crippen LogP contribution in [0.1, 0.15) is 12.8 Å². The minimum atomic E-state index is -3.50. The van der Waals surface area contributed by atoms with E-state index in [9.17, 15) is 8.42 Å². The van der Waals surface area contributed by atoms with Crippen LogP contribution in [-0.2, 0) is 10.2 Å². The molecule has 5 nitrogen and oxygen atoms in total. The fraction of sp³-hybridized carbons (Fsp3) is 0.500. The number of anilines is 1. The Balaban J connectivity index is 2.12. The van der Waals surface area contributed by atoms with Crippen LogP contribution in [0.2, 0.25) is 0 Å². The highest BCUT2D eigenvalue weighted by Crippen LogP contribution is 2.30. The van der Waals surface area contributed by atoms with Crippen LogP contribution in [0.15, 0.2) is 22.7 Å². The highest BCUT2D eigenvalue weighted by Gasteiger charge is 2.28. The van der Waals surface area contributed by atoms with Gasteiger partial charge in [0.2, 0.25) is 0 Å². The van der Waals surface area contributed by atoms with Crippen molar-refractivity contribution >= 4 is 31.8 Å². The molecule has 0 radical (unpaired) electrons. The average molecular weight is 349 g/mol. The Bertz CT molecular complexity index is 558. The highest BCUT2D eigenvalue weighted by molar-refractivity contribution is 9.10. The van der Waals surface area contributed by atoms with Crippen LogP contribution in [-0.4, -0.2) is 33.4 Å². The molecule has 0 atom stereocenters. The van der Waals surface area contributed by atoms with E-state index in [2.05, 4.69) is 20.7 Å². The van der Waals surface area contributed by atoms with Crippen LogP contribution in [0, 0.1) is 5.92 Å². The number of benzene rings is 1. The standard InChI is InChI=1S/C12H17BrN2O3S/c1-15(8-9-3-4-9)19(16,17)14-11-5-10(13)6-12(7-11)18-2/h5-7,9,14H,3-4,8H2,1-2H3. The SMILES string of the molecule is COc1cc(Br)cc(NS(=O)(=O)N(C)CC2CC2)c1. The third-order valence-corrected chi connectivity index (χ3v) is 4.90. The Morgan fingerprint density at radius 3 is 2.68 bits per heavy atom. The first-order valence-electron chi connectivity index (χ1n) is 5.99. The van der Waals surface area contributed by atoms with Gasteiger partial charge in [0.05, 0.1) is 12.8 Å². The van der Waals surface area contributed by atoms with Gasteiger partial charge >= 0.3 is 10.2 Å². The van der Waals surface area contributed by atoms with Gasteiger partial charge in [-0.05, 0) is 30.9 Å². The summed E-state index contributed by atoms with van der Waals surface area (Å²) >= 11 is 3.32. The summed E-state index contributed by atoms with van der Waals surface area (Å²) in [6, 6.07) is 5.12. The van der Waals surface area contributed by atoms with E-state index in [4.69, 9.17) is 4.74 Å². The maximum absolute atomic E-state index is 12.1. The van der Waals surface area contributed by atoms with Gasteiger partial charge in [-0.2, -0.15) is 12.7 Å². The Morgan fingerprint density at radius 1 is 1.42 bits per heavy atom. The van der Waals surface area contributed by atoms with E-state index in [0.29, 0.717) is 23.9 Å². The van der Waals surface area contributed by atoms with E-state index in [1.807, 2.05) is 0 Å². The average Bonchev–Trinajstić information content (AvgIpc) is 3.11. The van der Waals surface area contributed by atoms with Gasteiger partial charge in [0.1, 0.15) is 5.75 Å². The Labute approximate surface area is 122 Å². The molecule has 0 aromatic heterocycles. The number of methoxy groups -OCH3 is 1. The maximum Gasteiger partial charge on any atom is 0.301 e. The first-order chi connectivity index (χ1) is 8.90. The maximum atomic E-state index is 12.1. The number of hydrogen-bond donors (Lipinski definition) is 1. The lowest BCUT2D eigenvalue weighted by molar-refractivity contribution is 0.414. The molecule has 1 N–H and O–H groups in total. The van der Waals surface area contributed by atoms with E-state index >= 15 is 0 Å². The lowest BCUT2D eigenvalue weighted by Gasteiger charge is -2.18. The zero-order valence-corrected chi connectivity index (χ0v) is 13.3. The largest absolute Gasteiger partial charge is 0.497 e. The first-order valence-corrected chi connectivity index (χ1v) is 8.22. The van der Waals surface area contributed by atoms with Gasteiger partial charge in [-0.15, -0.1) is 0 Å². The van der Waals surface area contributed by atoms with Crippen LogP contribution in [0.5, 0.6) is 5.75 Å². The fourth-order valence-electron chi connectivity index (χ4n) is 1.73. The highest BCUT2D eigenvalue weighted by atomic mass is 79.9. The van der Waals surface area contributed by atoms with E-state index in [1.165, 1.54) is 4.31 Å². The second-order valence-corrected chi connectivity index (χ2v) is 7.40. The minimum absolute atomic E-state index is 0.480. The van der Waals surface area contributed by atoms with Crippen LogP contribution in [0.25, 0.3) is 0 Å². The number of halogens is 1. The fourth-order valence-corrected chi connectivity index (χ4v) is 3.18. The molecular weight excluding hydrogens is 332 g/mol. The predicted molar refractivity (Wildman–Crippen MR) is 78.6 cm³/mol. The van der Waals surface area contributed by atoms with Crippen LogP contribution in [0.3, 0.4) is 0 Å². The lowest BCUT2D eigenvalue weighted by Crippen LogP contribution is -2.34. The summed E-state index contributed by atoms with van der Waals surface area (Å²) in [5.74, 6) is 1.11. The summed E-state index contributed by atoms with van der Waals surface area (Å²) in [5, 5.41) is 0. The summed E-state index contributed by atoms with van der Waals surface area (Å²) in [6.45, 7) is 0.570. The van der Waals surface area contributed by atoms with E-state index in [-0.39, 0.29) is 0 Å². The molecule has 1 aromatic rings. The van der Waals surface area contributed by atoms with Gasteiger partial charge in [0.15, 0.2) is 0 Å². The monoisotopic (exact) mass is 348 g/mol. The van der Waals surface area contributed by atoms with Crippen molar-refractivity contribution in [1.82, 2.24) is 4.31 Å². The normalized spacial score (nSPS) is 15.6. The van der Waals surface area contributed by atoms with Gasteiger partial charge in [-0.25, -0.2) is 0 Å². The molecule has 1 aliphatic carbocycles. The second-order valence-electron chi connectivity index (χ2n) is 4.71. The quantitative estimate of drug-likeness (QED) is 0.858. The van der Waals surface area contributed by atoms with Gasteiger partial charge in [0.25, 0.3) is 0 Å². The second kappa shape index (κ2) is 5.68. The number of nitrogens with one attached hydrogen (secondary N) is 1. The molecule has 0 saturated heterocycles. The van der Waals surface area contributed by atoms with Gasteiger partial charge < -0.3 is 4.74 Å². The molecule has 0 heterocycles. The summed E-state index contributed by atoms with van der Waals surface area (Å²) in [7, 11) is -0.369. The number of nitrogens with zero attached hydrogens (tertiary/aromatic N) is 1. The molecule has 0 spiro atoms. The number of rotatable bonds is 6. The molecule has 0 bridgehead atoms. The van der Waals surface area contributed by atoms with E-state index in [1.54, 1.807) is 32.4 Å². The molecule has 106 valence electrons. The van der Waals surface area contributed by atoms with Crippen LogP contribution in [0.4, 0.5) is 5.69 Å². The molecule has 19 heavy (non-hydrogen) atoms. The van der Waals surface area contributed by atoms with Crippen molar-refractivity contribution in [2.45, 2.75) is 12.8 Å². The summed E-state index contributed by atoms with van der Waals surface area (Å²) in [4.78, 5) is 0. The summed E-state index contributed by atoms with van der Waals surface area (Å²) in [6.07, 6.45) is 2.23. The summed E-state index contributed by atoms with van der Waals surface area (Å²) < 4.78 is 34.0. The zero-order valence-electron chi connectivity index (χ0n) is 10.9. The van der Waals surface area contributed by atoms with Crippen molar-refractivity contribution in [2.75, 3.05) is 25.4 Å². The molecule has 2 rings (SSSR count). The molecule has 7 heteroatoms. The molecule has 1 aromatic carbocycles. The molecule has 0 unspecified atom stereocenters. The lowest BCUT2D eigenvalue weighted by atomic mass is 10.3. The van der Waals surface area contributed by atoms with Crippen LogP contribution < -0.4 is 9.46 Å². The number of hydrogen-bond acceptors (Lipinski definition) is 3. The molecule has 0 aliphatic heterocycles. The smallest absolute Gasteiger partial charge is 0.301 e. The first kappa shape index (κ1) is 14.6. The minimum Gasteiger partial charge on any atom is -0.497 e. The summed E-state index contributed by atoms with van der Waals surface area (Å²) in [5.41, 5.74) is 0.480. The van der Waals surface area contributed by atoms with Crippen LogP contribution >= 0.6 is 15.9 Å². The van der Waals surface area contributed by atoms with Crippen molar-refractivity contribution in [1.29, 1.82) is 0 Å². The Morgan fingerprint density at radius 2 is 2.11 bits per heavy atom. The van der Waals surface area contributed by atoms with Gasteiger partial charge in [-0.1, -0.05) is 15.9 Å². The van der Waals surface area contributed by atoms with E-state index in [0.717, 1.165) is 17.3 Å². The topological polar surface area (TPSA) is 58.6 Å². The van der Waals surface area contributed by atoms with Gasteiger partial charge in [0, 0.05) is 24.1 Å². The van der Waals surface area contributed by atoms with Crippen molar-refractivity contribution in [2.24, 2.45) is 5.92 Å². The van der Waals surface area contributed by atoms with E-state index < -0.39 is 10.2 Å². The van der Waals surface area contributed by atoms with Crippen molar-refractivity contribution in [3.8, 4) is 5.75 Å². The molecule has 0 amide bonds. The molecular formula is C12H17BrN2O3S. The predicted octanol–water partition coefficient (Wildman–Crippen LogP) is 2.46.